The van der Waals surface area contributed by atoms with E-state index in [9.17, 15) is 9.59 Å². The summed E-state index contributed by atoms with van der Waals surface area (Å²) in [7, 11) is 0. The summed E-state index contributed by atoms with van der Waals surface area (Å²) in [5, 5.41) is 4.89. The van der Waals surface area contributed by atoms with Crippen LogP contribution in [-0.4, -0.2) is 33.1 Å². The maximum absolute atomic E-state index is 12.4. The summed E-state index contributed by atoms with van der Waals surface area (Å²) in [5.74, 6) is -0.0679. The maximum Gasteiger partial charge on any atom is 0.266 e. The number of hydrogen-bond acceptors (Lipinski definition) is 5. The van der Waals surface area contributed by atoms with E-state index in [-0.39, 0.29) is 17.4 Å². The summed E-state index contributed by atoms with van der Waals surface area (Å²) >= 11 is 8.20. The maximum atomic E-state index is 12.4. The zero-order chi connectivity index (χ0) is 17.0. The summed E-state index contributed by atoms with van der Waals surface area (Å²) < 4.78 is 0.564. The first-order valence-corrected chi connectivity index (χ1v) is 9.46. The van der Waals surface area contributed by atoms with Crippen molar-refractivity contribution in [2.45, 2.75) is 39.2 Å². The van der Waals surface area contributed by atoms with Gasteiger partial charge in [-0.15, -0.1) is 11.3 Å². The van der Waals surface area contributed by atoms with Crippen LogP contribution in [0.15, 0.2) is 22.4 Å². The molecule has 2 amide bonds. The van der Waals surface area contributed by atoms with E-state index in [1.807, 2.05) is 44.4 Å². The molecular formula is C16H20N2O2S3. The van der Waals surface area contributed by atoms with Crippen LogP contribution in [-0.2, 0) is 9.59 Å². The zero-order valence-electron chi connectivity index (χ0n) is 13.4. The normalized spacial score (nSPS) is 17.2. The molecule has 1 aliphatic heterocycles. The zero-order valence-corrected chi connectivity index (χ0v) is 15.9. The number of hydrogen-bond donors (Lipinski definition) is 1. The minimum Gasteiger partial charge on any atom is -0.352 e. The van der Waals surface area contributed by atoms with Crippen LogP contribution >= 0.6 is 35.3 Å². The molecule has 1 saturated heterocycles. The molecule has 1 aliphatic rings. The molecule has 0 saturated carbocycles. The van der Waals surface area contributed by atoms with Gasteiger partial charge in [0.2, 0.25) is 5.91 Å². The summed E-state index contributed by atoms with van der Waals surface area (Å²) in [6, 6.07) is 3.92. The molecule has 23 heavy (non-hydrogen) atoms. The minimum absolute atomic E-state index is 0.00271. The second-order valence-electron chi connectivity index (χ2n) is 6.25. The van der Waals surface area contributed by atoms with Crippen molar-refractivity contribution in [2.24, 2.45) is 0 Å². The highest BCUT2D eigenvalue weighted by Crippen LogP contribution is 2.33. The third-order valence-electron chi connectivity index (χ3n) is 2.99. The minimum atomic E-state index is -0.234. The van der Waals surface area contributed by atoms with Crippen molar-refractivity contribution in [1.82, 2.24) is 10.2 Å². The Kier molecular flexibility index (Phi) is 6.00. The molecule has 0 unspecified atom stereocenters. The van der Waals surface area contributed by atoms with E-state index in [0.717, 1.165) is 4.88 Å². The number of nitrogens with zero attached hydrogens (tertiary/aromatic N) is 1. The van der Waals surface area contributed by atoms with Gasteiger partial charge in [0.1, 0.15) is 4.32 Å². The van der Waals surface area contributed by atoms with E-state index in [4.69, 9.17) is 12.2 Å². The fourth-order valence-corrected chi connectivity index (χ4v) is 4.11. The van der Waals surface area contributed by atoms with Gasteiger partial charge in [0, 0.05) is 23.4 Å². The van der Waals surface area contributed by atoms with Crippen LogP contribution in [0.25, 0.3) is 6.08 Å². The Bertz CT molecular complexity index is 630. The average molecular weight is 369 g/mol. The highest BCUT2D eigenvalue weighted by molar-refractivity contribution is 8.26. The van der Waals surface area contributed by atoms with Crippen LogP contribution in [0.4, 0.5) is 0 Å². The number of carbonyl (C=O) groups excluding carboxylic acids is 2. The van der Waals surface area contributed by atoms with Gasteiger partial charge in [-0.25, -0.2) is 0 Å². The molecule has 2 rings (SSSR count). The highest BCUT2D eigenvalue weighted by atomic mass is 32.2. The van der Waals surface area contributed by atoms with Crippen LogP contribution in [0.2, 0.25) is 0 Å². The van der Waals surface area contributed by atoms with Crippen molar-refractivity contribution in [2.75, 3.05) is 6.54 Å². The molecule has 124 valence electrons. The molecule has 0 aliphatic carbocycles. The van der Waals surface area contributed by atoms with Gasteiger partial charge in [-0.2, -0.15) is 0 Å². The van der Waals surface area contributed by atoms with E-state index >= 15 is 0 Å². The smallest absolute Gasteiger partial charge is 0.266 e. The Labute approximate surface area is 150 Å². The van der Waals surface area contributed by atoms with Crippen LogP contribution in [0.5, 0.6) is 0 Å². The number of thiocarbonyl (C=S) groups is 1. The lowest BCUT2D eigenvalue weighted by atomic mass is 10.1. The van der Waals surface area contributed by atoms with Crippen molar-refractivity contribution >= 4 is 57.5 Å². The molecule has 0 aromatic carbocycles. The quantitative estimate of drug-likeness (QED) is 0.637. The van der Waals surface area contributed by atoms with Gasteiger partial charge in [-0.1, -0.05) is 30.0 Å². The topological polar surface area (TPSA) is 49.4 Å². The predicted molar refractivity (Wildman–Crippen MR) is 101 cm³/mol. The third kappa shape index (κ3) is 5.44. The van der Waals surface area contributed by atoms with E-state index < -0.39 is 0 Å². The monoisotopic (exact) mass is 368 g/mol. The number of thioether (sulfide) groups is 1. The van der Waals surface area contributed by atoms with E-state index in [1.54, 1.807) is 16.2 Å². The van der Waals surface area contributed by atoms with Gasteiger partial charge in [0.25, 0.3) is 5.91 Å². The summed E-state index contributed by atoms with van der Waals surface area (Å²) in [6.07, 6.45) is 2.86. The van der Waals surface area contributed by atoms with Crippen molar-refractivity contribution in [1.29, 1.82) is 0 Å². The molecule has 0 bridgehead atoms. The predicted octanol–water partition coefficient (Wildman–Crippen LogP) is 3.64. The molecule has 0 atom stereocenters. The van der Waals surface area contributed by atoms with Crippen LogP contribution in [0.3, 0.4) is 0 Å². The molecule has 4 nitrogen and oxygen atoms in total. The molecule has 2 heterocycles. The fourth-order valence-electron chi connectivity index (χ4n) is 2.07. The SMILES string of the molecule is CC(C)(C)NC(=O)CCCN1C(=O)/C(=C/c2cccs2)SC1=S. The Hall–Kier alpha value is -1.18. The molecule has 7 heteroatoms. The number of carbonyl (C=O) groups is 2. The lowest BCUT2D eigenvalue weighted by Crippen LogP contribution is -2.40. The first kappa shape index (κ1) is 18.2. The van der Waals surface area contributed by atoms with Gasteiger partial charge >= 0.3 is 0 Å². The molecule has 1 aromatic heterocycles. The summed E-state index contributed by atoms with van der Waals surface area (Å²) in [5.41, 5.74) is -0.234. The largest absolute Gasteiger partial charge is 0.352 e. The molecule has 0 spiro atoms. The fraction of sp³-hybridized carbons (Fsp3) is 0.438. The van der Waals surface area contributed by atoms with Crippen molar-refractivity contribution in [3.8, 4) is 0 Å². The molecule has 0 radical (unpaired) electrons. The Balaban J connectivity index is 1.88. The Morgan fingerprint density at radius 3 is 2.78 bits per heavy atom. The van der Waals surface area contributed by atoms with Gasteiger partial charge in [0.05, 0.1) is 4.91 Å². The van der Waals surface area contributed by atoms with Crippen LogP contribution in [0, 0.1) is 0 Å². The summed E-state index contributed by atoms with van der Waals surface area (Å²) in [6.45, 7) is 6.32. The number of nitrogens with one attached hydrogen (secondary N) is 1. The van der Waals surface area contributed by atoms with Crippen molar-refractivity contribution in [3.05, 3.63) is 27.3 Å². The van der Waals surface area contributed by atoms with Crippen LogP contribution in [0.1, 0.15) is 38.5 Å². The second-order valence-corrected chi connectivity index (χ2v) is 8.91. The summed E-state index contributed by atoms with van der Waals surface area (Å²) in [4.78, 5) is 27.5. The standard InChI is InChI=1S/C16H20N2O2S3/c1-16(2,3)17-13(19)7-4-8-18-14(20)12(23-15(18)21)10-11-6-5-9-22-11/h5-6,9-10H,4,7-8H2,1-3H3,(H,17,19)/b12-10-. The molecular weight excluding hydrogens is 348 g/mol. The van der Waals surface area contributed by atoms with E-state index in [2.05, 4.69) is 5.32 Å². The number of rotatable bonds is 5. The van der Waals surface area contributed by atoms with Crippen LogP contribution < -0.4 is 5.32 Å². The van der Waals surface area contributed by atoms with Gasteiger partial charge in [-0.3, -0.25) is 14.5 Å². The average Bonchev–Trinajstić information content (AvgIpc) is 3.01. The number of amides is 2. The lowest BCUT2D eigenvalue weighted by Gasteiger charge is -2.21. The second kappa shape index (κ2) is 7.59. The van der Waals surface area contributed by atoms with Gasteiger partial charge in [0.15, 0.2) is 0 Å². The molecule has 1 aromatic rings. The Morgan fingerprint density at radius 2 is 2.17 bits per heavy atom. The lowest BCUT2D eigenvalue weighted by molar-refractivity contribution is -0.124. The third-order valence-corrected chi connectivity index (χ3v) is 5.19. The Morgan fingerprint density at radius 1 is 1.43 bits per heavy atom. The molecule has 1 fully saturated rings. The van der Waals surface area contributed by atoms with Crippen molar-refractivity contribution in [3.63, 3.8) is 0 Å². The van der Waals surface area contributed by atoms with Gasteiger partial charge < -0.3 is 5.32 Å². The van der Waals surface area contributed by atoms with Crippen molar-refractivity contribution < 1.29 is 9.59 Å². The highest BCUT2D eigenvalue weighted by Gasteiger charge is 2.31. The molecule has 1 N–H and O–H groups in total. The van der Waals surface area contributed by atoms with E-state index in [1.165, 1.54) is 11.8 Å². The van der Waals surface area contributed by atoms with E-state index in [0.29, 0.717) is 28.6 Å². The van der Waals surface area contributed by atoms with Gasteiger partial charge in [-0.05, 0) is 44.7 Å². The first-order valence-electron chi connectivity index (χ1n) is 7.36. The first-order chi connectivity index (χ1) is 10.8. The number of thiophene rings is 1.